The van der Waals surface area contributed by atoms with Crippen LogP contribution in [0.1, 0.15) is 43.7 Å². The number of aliphatic imine (C=N–C) groups is 2. The van der Waals surface area contributed by atoms with Gasteiger partial charge in [0.25, 0.3) is 0 Å². The average Bonchev–Trinajstić information content (AvgIpc) is 3.34. The van der Waals surface area contributed by atoms with Crippen molar-refractivity contribution in [3.8, 4) is 0 Å². The predicted molar refractivity (Wildman–Crippen MR) is 135 cm³/mol. The van der Waals surface area contributed by atoms with Gasteiger partial charge in [-0.1, -0.05) is 6.08 Å². The second-order valence-electron chi connectivity index (χ2n) is 9.62. The van der Waals surface area contributed by atoms with Gasteiger partial charge in [0.1, 0.15) is 23.8 Å². The maximum absolute atomic E-state index is 15.1. The molecule has 2 aliphatic heterocycles. The maximum Gasteiger partial charge on any atom is 0.416 e. The Kier molecular flexibility index (Phi) is 7.42. The van der Waals surface area contributed by atoms with Crippen LogP contribution in [0.25, 0.3) is 5.57 Å². The number of halogens is 5. The summed E-state index contributed by atoms with van der Waals surface area (Å²) in [5.41, 5.74) is -0.331. The monoisotopic (exact) mass is 547 g/mol. The zero-order valence-electron chi connectivity index (χ0n) is 21.0. The molecule has 1 atom stereocenters. The highest BCUT2D eigenvalue weighted by atomic mass is 19.4. The SMILES string of the molecule is CCOC(=O)C1CCC(OC2=CC=C(c3cc(F)c(C4=NC5C=C(C(F)(F)F)C=CC5=N4)cc3F)CN2)CC1. The van der Waals surface area contributed by atoms with Crippen LogP contribution in [0.4, 0.5) is 22.0 Å². The van der Waals surface area contributed by atoms with E-state index in [0.29, 0.717) is 43.7 Å². The second kappa shape index (κ2) is 10.8. The number of ether oxygens (including phenoxy) is 2. The van der Waals surface area contributed by atoms with Crippen molar-refractivity contribution in [2.75, 3.05) is 13.2 Å². The van der Waals surface area contributed by atoms with E-state index in [9.17, 15) is 18.0 Å². The number of dihydropyridines is 1. The fraction of sp³-hybridized carbons (Fsp3) is 0.393. The van der Waals surface area contributed by atoms with Crippen molar-refractivity contribution in [1.29, 1.82) is 0 Å². The third-order valence-electron chi connectivity index (χ3n) is 7.02. The first-order valence-electron chi connectivity index (χ1n) is 12.7. The Hall–Kier alpha value is -3.76. The molecule has 1 N–H and O–H groups in total. The molecule has 0 aromatic heterocycles. The molecule has 1 saturated carbocycles. The number of carbonyl (C=O) groups excluding carboxylic acids is 1. The molecule has 5 rings (SSSR count). The summed E-state index contributed by atoms with van der Waals surface area (Å²) in [5, 5.41) is 3.07. The van der Waals surface area contributed by atoms with Gasteiger partial charge in [0.05, 0.1) is 29.4 Å². The van der Waals surface area contributed by atoms with Crippen molar-refractivity contribution in [2.45, 2.75) is 50.9 Å². The van der Waals surface area contributed by atoms with Crippen LogP contribution in [0.3, 0.4) is 0 Å². The first-order valence-corrected chi connectivity index (χ1v) is 12.7. The van der Waals surface area contributed by atoms with Crippen LogP contribution in [-0.2, 0) is 14.3 Å². The molecular weight excluding hydrogens is 521 g/mol. The van der Waals surface area contributed by atoms with Crippen molar-refractivity contribution < 1.29 is 36.2 Å². The van der Waals surface area contributed by atoms with Gasteiger partial charge in [-0.15, -0.1) is 0 Å². The summed E-state index contributed by atoms with van der Waals surface area (Å²) in [7, 11) is 0. The van der Waals surface area contributed by atoms with Gasteiger partial charge in [-0.2, -0.15) is 13.2 Å². The molecule has 6 nitrogen and oxygen atoms in total. The van der Waals surface area contributed by atoms with Gasteiger partial charge in [0.2, 0.25) is 0 Å². The minimum absolute atomic E-state index is 0.0387. The van der Waals surface area contributed by atoms with Gasteiger partial charge in [0, 0.05) is 12.1 Å². The number of rotatable bonds is 6. The zero-order valence-corrected chi connectivity index (χ0v) is 21.0. The summed E-state index contributed by atoms with van der Waals surface area (Å²) < 4.78 is 80.2. The van der Waals surface area contributed by atoms with Crippen LogP contribution >= 0.6 is 0 Å². The van der Waals surface area contributed by atoms with Gasteiger partial charge >= 0.3 is 12.1 Å². The van der Waals surface area contributed by atoms with Gasteiger partial charge < -0.3 is 14.8 Å². The number of esters is 1. The summed E-state index contributed by atoms with van der Waals surface area (Å²) in [6.07, 6.45) is 4.45. The van der Waals surface area contributed by atoms with E-state index in [4.69, 9.17) is 9.47 Å². The highest BCUT2D eigenvalue weighted by molar-refractivity contribution is 6.18. The van der Waals surface area contributed by atoms with Crippen LogP contribution in [-0.4, -0.2) is 49.0 Å². The standard InChI is InChI=1S/C28H26F5N3O3/c1-2-38-27(37)15-3-7-18(8-4-15)39-25-10-5-16(14-34-25)19-12-22(30)20(13-21(19)29)26-35-23-9-6-17(28(31,32)33)11-24(23)36-26/h5-6,9-13,15,18,24,34H,2-4,7-8,14H2,1H3. The number of nitrogens with one attached hydrogen (secondary N) is 1. The fourth-order valence-electron chi connectivity index (χ4n) is 4.96. The van der Waals surface area contributed by atoms with E-state index in [1.807, 2.05) is 0 Å². The molecule has 11 heteroatoms. The van der Waals surface area contributed by atoms with Gasteiger partial charge in [-0.05, 0) is 74.6 Å². The Labute approximate surface area is 221 Å². The molecule has 1 aromatic rings. The summed E-state index contributed by atoms with van der Waals surface area (Å²) in [4.78, 5) is 20.1. The largest absolute Gasteiger partial charge is 0.476 e. The summed E-state index contributed by atoms with van der Waals surface area (Å²) in [5.74, 6) is -1.44. The van der Waals surface area contributed by atoms with E-state index in [1.54, 1.807) is 19.1 Å². The molecular formula is C28H26F5N3O3. The lowest BCUT2D eigenvalue weighted by Crippen LogP contribution is -2.30. The Bertz CT molecular complexity index is 1350. The number of alkyl halides is 3. The van der Waals surface area contributed by atoms with Crippen LogP contribution in [0.5, 0.6) is 0 Å². The van der Waals surface area contributed by atoms with Crippen molar-refractivity contribution >= 4 is 23.1 Å². The third-order valence-corrected chi connectivity index (χ3v) is 7.02. The first-order chi connectivity index (χ1) is 18.6. The predicted octanol–water partition coefficient (Wildman–Crippen LogP) is 5.56. The van der Waals surface area contributed by atoms with E-state index in [1.165, 1.54) is 6.08 Å². The van der Waals surface area contributed by atoms with Crippen LogP contribution in [0.2, 0.25) is 0 Å². The molecule has 206 valence electrons. The Morgan fingerprint density at radius 2 is 1.77 bits per heavy atom. The molecule has 1 fully saturated rings. The van der Waals surface area contributed by atoms with E-state index >= 15 is 8.78 Å². The van der Waals surface area contributed by atoms with Crippen molar-refractivity contribution in [3.63, 3.8) is 0 Å². The number of hydrogen-bond donors (Lipinski definition) is 1. The normalized spacial score (nSPS) is 24.5. The fourth-order valence-corrected chi connectivity index (χ4v) is 4.96. The topological polar surface area (TPSA) is 72.3 Å². The molecule has 0 saturated heterocycles. The molecule has 39 heavy (non-hydrogen) atoms. The lowest BCUT2D eigenvalue weighted by atomic mass is 9.87. The number of carbonyl (C=O) groups is 1. The number of fused-ring (bicyclic) bond motifs is 1. The molecule has 4 aliphatic rings. The van der Waals surface area contributed by atoms with Crippen LogP contribution in [0, 0.1) is 17.6 Å². The van der Waals surface area contributed by atoms with Crippen LogP contribution < -0.4 is 5.32 Å². The smallest absolute Gasteiger partial charge is 0.416 e. The molecule has 1 aromatic carbocycles. The zero-order chi connectivity index (χ0) is 27.7. The quantitative estimate of drug-likeness (QED) is 0.374. The molecule has 2 heterocycles. The number of nitrogens with zero attached hydrogens (tertiary/aromatic N) is 2. The Balaban J connectivity index is 1.26. The van der Waals surface area contributed by atoms with E-state index < -0.39 is 29.4 Å². The van der Waals surface area contributed by atoms with Gasteiger partial charge in [-0.25, -0.2) is 13.8 Å². The molecule has 0 amide bonds. The van der Waals surface area contributed by atoms with Crippen molar-refractivity contribution in [3.05, 3.63) is 76.7 Å². The van der Waals surface area contributed by atoms with Gasteiger partial charge in [-0.3, -0.25) is 9.79 Å². The first kappa shape index (κ1) is 26.8. The third kappa shape index (κ3) is 5.81. The number of benzene rings is 1. The number of hydrogen-bond acceptors (Lipinski definition) is 6. The maximum atomic E-state index is 15.1. The Morgan fingerprint density at radius 3 is 2.44 bits per heavy atom. The lowest BCUT2D eigenvalue weighted by Gasteiger charge is -2.29. The number of allylic oxidation sites excluding steroid dienone is 4. The molecule has 0 spiro atoms. The lowest BCUT2D eigenvalue weighted by molar-refractivity contribution is -0.149. The van der Waals surface area contributed by atoms with E-state index in [2.05, 4.69) is 15.3 Å². The highest BCUT2D eigenvalue weighted by Gasteiger charge is 2.36. The molecule has 0 bridgehead atoms. The molecule has 0 radical (unpaired) electrons. The number of amidine groups is 1. The van der Waals surface area contributed by atoms with Gasteiger partial charge in [0.15, 0.2) is 11.7 Å². The molecule has 2 aliphatic carbocycles. The summed E-state index contributed by atoms with van der Waals surface area (Å²) >= 11 is 0. The second-order valence-corrected chi connectivity index (χ2v) is 9.62. The summed E-state index contributed by atoms with van der Waals surface area (Å²) in [6.45, 7) is 2.34. The highest BCUT2D eigenvalue weighted by Crippen LogP contribution is 2.33. The van der Waals surface area contributed by atoms with E-state index in [-0.39, 0.29) is 47.2 Å². The van der Waals surface area contributed by atoms with Crippen molar-refractivity contribution in [2.24, 2.45) is 15.9 Å². The van der Waals surface area contributed by atoms with Crippen LogP contribution in [0.15, 0.2) is 64.0 Å². The molecule has 1 unspecified atom stereocenters. The summed E-state index contributed by atoms with van der Waals surface area (Å²) in [6, 6.07) is 0.992. The minimum atomic E-state index is -4.54. The Morgan fingerprint density at radius 1 is 1.05 bits per heavy atom. The minimum Gasteiger partial charge on any atom is -0.476 e. The van der Waals surface area contributed by atoms with Crippen molar-refractivity contribution in [1.82, 2.24) is 5.32 Å². The van der Waals surface area contributed by atoms with E-state index in [0.717, 1.165) is 24.3 Å². The average molecular weight is 548 g/mol.